The first-order valence-corrected chi connectivity index (χ1v) is 5.80. The molecule has 96 valence electrons. The van der Waals surface area contributed by atoms with Gasteiger partial charge in [-0.2, -0.15) is 0 Å². The minimum atomic E-state index is -0.519. The van der Waals surface area contributed by atoms with Crippen LogP contribution in [0.5, 0.6) is 5.75 Å². The third-order valence-electron chi connectivity index (χ3n) is 2.30. The summed E-state index contributed by atoms with van der Waals surface area (Å²) in [6.45, 7) is 3.43. The fourth-order valence-corrected chi connectivity index (χ4v) is 1.41. The van der Waals surface area contributed by atoms with Crippen molar-refractivity contribution in [1.82, 2.24) is 5.32 Å². The average molecular weight is 239 g/mol. The predicted octanol–water partition coefficient (Wildman–Crippen LogP) is 1.05. The highest BCUT2D eigenvalue weighted by Crippen LogP contribution is 2.08. The number of para-hydroxylation sites is 1. The first-order valence-electron chi connectivity index (χ1n) is 5.80. The first kappa shape index (κ1) is 14.0. The van der Waals surface area contributed by atoms with Crippen LogP contribution >= 0.6 is 0 Å². The highest BCUT2D eigenvalue weighted by Gasteiger charge is 2.07. The number of methoxy groups -OCH3 is 1. The number of hydrogen-bond acceptors (Lipinski definition) is 4. The van der Waals surface area contributed by atoms with Gasteiger partial charge in [0.25, 0.3) is 0 Å². The maximum Gasteiger partial charge on any atom is 0.119 e. The molecule has 0 aromatic heterocycles. The molecule has 0 aliphatic rings. The van der Waals surface area contributed by atoms with Gasteiger partial charge in [-0.3, -0.25) is 0 Å². The van der Waals surface area contributed by atoms with Crippen molar-refractivity contribution in [2.75, 3.05) is 26.9 Å². The van der Waals surface area contributed by atoms with E-state index in [2.05, 4.69) is 5.32 Å². The second-order valence-electron chi connectivity index (χ2n) is 4.04. The maximum absolute atomic E-state index is 9.70. The molecule has 0 heterocycles. The van der Waals surface area contributed by atoms with Crippen LogP contribution in [-0.4, -0.2) is 44.1 Å². The molecular weight excluding hydrogens is 218 g/mol. The van der Waals surface area contributed by atoms with Gasteiger partial charge in [0.05, 0.1) is 6.61 Å². The Balaban J connectivity index is 2.15. The van der Waals surface area contributed by atoms with Gasteiger partial charge >= 0.3 is 0 Å². The van der Waals surface area contributed by atoms with Crippen molar-refractivity contribution in [3.63, 3.8) is 0 Å². The number of aliphatic hydroxyl groups excluding tert-OH is 1. The summed E-state index contributed by atoms with van der Waals surface area (Å²) in [5, 5.41) is 12.9. The number of aliphatic hydroxyl groups is 1. The summed E-state index contributed by atoms with van der Waals surface area (Å²) < 4.78 is 10.4. The fourth-order valence-electron chi connectivity index (χ4n) is 1.41. The van der Waals surface area contributed by atoms with Crippen LogP contribution in [0.4, 0.5) is 0 Å². The summed E-state index contributed by atoms with van der Waals surface area (Å²) in [5.41, 5.74) is 0. The molecule has 0 aliphatic heterocycles. The van der Waals surface area contributed by atoms with Crippen LogP contribution in [0.15, 0.2) is 30.3 Å². The van der Waals surface area contributed by atoms with E-state index in [0.29, 0.717) is 13.2 Å². The molecule has 0 bridgehead atoms. The smallest absolute Gasteiger partial charge is 0.119 e. The Hall–Kier alpha value is -1.10. The SMILES string of the molecule is COC[C@@H](C)NC[C@@H](O)COc1ccccc1. The molecule has 0 saturated carbocycles. The summed E-state index contributed by atoms with van der Waals surface area (Å²) in [7, 11) is 1.66. The molecule has 0 spiro atoms. The lowest BCUT2D eigenvalue weighted by Crippen LogP contribution is -2.38. The number of hydrogen-bond donors (Lipinski definition) is 2. The van der Waals surface area contributed by atoms with Crippen LogP contribution in [0.3, 0.4) is 0 Å². The van der Waals surface area contributed by atoms with Crippen LogP contribution in [0.2, 0.25) is 0 Å². The van der Waals surface area contributed by atoms with E-state index in [4.69, 9.17) is 9.47 Å². The minimum Gasteiger partial charge on any atom is -0.491 e. The third-order valence-corrected chi connectivity index (χ3v) is 2.30. The van der Waals surface area contributed by atoms with E-state index >= 15 is 0 Å². The van der Waals surface area contributed by atoms with E-state index < -0.39 is 6.10 Å². The number of rotatable bonds is 8. The summed E-state index contributed by atoms with van der Waals surface area (Å²) >= 11 is 0. The van der Waals surface area contributed by atoms with Gasteiger partial charge in [-0.25, -0.2) is 0 Å². The largest absolute Gasteiger partial charge is 0.491 e. The molecule has 1 aromatic rings. The Bertz CT molecular complexity index is 292. The Labute approximate surface area is 103 Å². The lowest BCUT2D eigenvalue weighted by atomic mass is 10.3. The topological polar surface area (TPSA) is 50.7 Å². The normalized spacial score (nSPS) is 14.3. The van der Waals surface area contributed by atoms with Crippen molar-refractivity contribution in [3.05, 3.63) is 30.3 Å². The van der Waals surface area contributed by atoms with Crippen LogP contribution in [-0.2, 0) is 4.74 Å². The quantitative estimate of drug-likeness (QED) is 0.712. The Kier molecular flexibility index (Phi) is 6.62. The van der Waals surface area contributed by atoms with Crippen molar-refractivity contribution >= 4 is 0 Å². The Morgan fingerprint density at radius 1 is 1.24 bits per heavy atom. The molecule has 4 heteroatoms. The monoisotopic (exact) mass is 239 g/mol. The molecule has 2 atom stereocenters. The van der Waals surface area contributed by atoms with Gasteiger partial charge in [-0.05, 0) is 19.1 Å². The summed E-state index contributed by atoms with van der Waals surface area (Å²) in [6.07, 6.45) is -0.519. The lowest BCUT2D eigenvalue weighted by Gasteiger charge is -2.16. The Morgan fingerprint density at radius 2 is 1.94 bits per heavy atom. The van der Waals surface area contributed by atoms with E-state index in [0.717, 1.165) is 5.75 Å². The van der Waals surface area contributed by atoms with Crippen LogP contribution in [0.25, 0.3) is 0 Å². The molecule has 0 amide bonds. The average Bonchev–Trinajstić information content (AvgIpc) is 2.35. The summed E-state index contributed by atoms with van der Waals surface area (Å²) in [5.74, 6) is 0.775. The Morgan fingerprint density at radius 3 is 2.59 bits per heavy atom. The second kappa shape index (κ2) is 8.06. The predicted molar refractivity (Wildman–Crippen MR) is 67.3 cm³/mol. The van der Waals surface area contributed by atoms with E-state index in [1.807, 2.05) is 37.3 Å². The van der Waals surface area contributed by atoms with Crippen LogP contribution in [0.1, 0.15) is 6.92 Å². The molecular formula is C13H21NO3. The van der Waals surface area contributed by atoms with Crippen LogP contribution in [0, 0.1) is 0 Å². The number of nitrogens with one attached hydrogen (secondary N) is 1. The van der Waals surface area contributed by atoms with E-state index in [-0.39, 0.29) is 12.6 Å². The zero-order valence-corrected chi connectivity index (χ0v) is 10.4. The molecule has 0 aliphatic carbocycles. The molecule has 0 saturated heterocycles. The molecule has 0 radical (unpaired) electrons. The zero-order chi connectivity index (χ0) is 12.5. The van der Waals surface area contributed by atoms with Crippen molar-refractivity contribution in [3.8, 4) is 5.75 Å². The second-order valence-corrected chi connectivity index (χ2v) is 4.04. The number of ether oxygens (including phenoxy) is 2. The van der Waals surface area contributed by atoms with Crippen molar-refractivity contribution in [1.29, 1.82) is 0 Å². The standard InChI is InChI=1S/C13H21NO3/c1-11(9-16-2)14-8-12(15)10-17-13-6-4-3-5-7-13/h3-7,11-12,14-15H,8-10H2,1-2H3/t11-,12-/m1/s1. The van der Waals surface area contributed by atoms with Gasteiger partial charge < -0.3 is 19.9 Å². The van der Waals surface area contributed by atoms with E-state index in [1.165, 1.54) is 0 Å². The molecule has 2 N–H and O–H groups in total. The van der Waals surface area contributed by atoms with Crippen LogP contribution < -0.4 is 10.1 Å². The highest BCUT2D eigenvalue weighted by atomic mass is 16.5. The van der Waals surface area contributed by atoms with Crippen molar-refractivity contribution < 1.29 is 14.6 Å². The van der Waals surface area contributed by atoms with Gasteiger partial charge in [-0.15, -0.1) is 0 Å². The minimum absolute atomic E-state index is 0.228. The fraction of sp³-hybridized carbons (Fsp3) is 0.538. The van der Waals surface area contributed by atoms with Gasteiger partial charge in [0, 0.05) is 19.7 Å². The van der Waals surface area contributed by atoms with Crippen molar-refractivity contribution in [2.24, 2.45) is 0 Å². The third kappa shape index (κ3) is 6.26. The lowest BCUT2D eigenvalue weighted by molar-refractivity contribution is 0.0973. The molecule has 4 nitrogen and oxygen atoms in total. The van der Waals surface area contributed by atoms with E-state index in [1.54, 1.807) is 7.11 Å². The van der Waals surface area contributed by atoms with Gasteiger partial charge in [0.15, 0.2) is 0 Å². The van der Waals surface area contributed by atoms with Gasteiger partial charge in [0.2, 0.25) is 0 Å². The first-order chi connectivity index (χ1) is 8.22. The van der Waals surface area contributed by atoms with Gasteiger partial charge in [0.1, 0.15) is 18.5 Å². The molecule has 1 aromatic carbocycles. The van der Waals surface area contributed by atoms with Gasteiger partial charge in [-0.1, -0.05) is 18.2 Å². The molecule has 17 heavy (non-hydrogen) atoms. The van der Waals surface area contributed by atoms with Crippen molar-refractivity contribution in [2.45, 2.75) is 19.1 Å². The number of benzene rings is 1. The summed E-state index contributed by atoms with van der Waals surface area (Å²) in [6, 6.07) is 9.70. The highest BCUT2D eigenvalue weighted by molar-refractivity contribution is 5.20. The zero-order valence-electron chi connectivity index (χ0n) is 10.4. The van der Waals surface area contributed by atoms with E-state index in [9.17, 15) is 5.11 Å². The summed E-state index contributed by atoms with van der Waals surface area (Å²) in [4.78, 5) is 0. The maximum atomic E-state index is 9.70. The molecule has 0 unspecified atom stereocenters. The molecule has 0 fully saturated rings. The molecule has 1 rings (SSSR count).